The summed E-state index contributed by atoms with van der Waals surface area (Å²) in [6.07, 6.45) is 14.9. The highest BCUT2D eigenvalue weighted by atomic mass is 31.1. The summed E-state index contributed by atoms with van der Waals surface area (Å²) >= 11 is 0. The summed E-state index contributed by atoms with van der Waals surface area (Å²) in [6, 6.07) is 0. The van der Waals surface area contributed by atoms with Crippen LogP contribution in [-0.4, -0.2) is 29.1 Å². The van der Waals surface area contributed by atoms with Crippen molar-refractivity contribution < 1.29 is 10.2 Å². The molecule has 0 radical (unpaired) electrons. The molecule has 0 heterocycles. The Hall–Kier alpha value is 0.350. The van der Waals surface area contributed by atoms with Gasteiger partial charge >= 0.3 is 0 Å². The Labute approximate surface area is 109 Å². The fraction of sp³-hybridized carbons (Fsp3) is 1.00. The molecule has 2 N–H and O–H groups in total. The summed E-state index contributed by atoms with van der Waals surface area (Å²) in [6.45, 7) is 2.26. The smallest absolute Gasteiger partial charge is 0.0646 e. The zero-order valence-corrected chi connectivity index (χ0v) is 12.4. The molecular formula is C14H31O2P. The average molecular weight is 262 g/mol. The molecule has 3 heteroatoms. The van der Waals surface area contributed by atoms with Crippen LogP contribution in [-0.2, 0) is 0 Å². The van der Waals surface area contributed by atoms with Crippen molar-refractivity contribution in [1.29, 1.82) is 0 Å². The van der Waals surface area contributed by atoms with Crippen LogP contribution < -0.4 is 0 Å². The molecule has 0 amide bonds. The lowest BCUT2D eigenvalue weighted by Crippen LogP contribution is -1.94. The Balaban J connectivity index is 3.03. The molecule has 104 valence electrons. The third-order valence-electron chi connectivity index (χ3n) is 3.23. The van der Waals surface area contributed by atoms with E-state index >= 15 is 0 Å². The maximum atomic E-state index is 8.94. The zero-order valence-electron chi connectivity index (χ0n) is 11.5. The Morgan fingerprint density at radius 1 is 0.647 bits per heavy atom. The number of unbranched alkanes of at least 4 members (excludes halogenated alkanes) is 9. The molecule has 0 fully saturated rings. The van der Waals surface area contributed by atoms with Crippen LogP contribution >= 0.6 is 7.92 Å². The van der Waals surface area contributed by atoms with Crippen LogP contribution in [0.15, 0.2) is 0 Å². The molecule has 0 saturated heterocycles. The minimum Gasteiger partial charge on any atom is -0.392 e. The van der Waals surface area contributed by atoms with Crippen LogP contribution in [0.1, 0.15) is 71.1 Å². The van der Waals surface area contributed by atoms with Gasteiger partial charge in [-0.15, -0.1) is 0 Å². The first-order valence-electron chi connectivity index (χ1n) is 7.29. The molecule has 0 unspecified atom stereocenters. The summed E-state index contributed by atoms with van der Waals surface area (Å²) in [7, 11) is -0.480. The summed E-state index contributed by atoms with van der Waals surface area (Å²) in [5.41, 5.74) is 0. The lowest BCUT2D eigenvalue weighted by Gasteiger charge is -2.10. The maximum absolute atomic E-state index is 8.94. The van der Waals surface area contributed by atoms with Crippen LogP contribution in [0.25, 0.3) is 0 Å². The zero-order chi connectivity index (χ0) is 12.8. The van der Waals surface area contributed by atoms with E-state index in [-0.39, 0.29) is 12.7 Å². The van der Waals surface area contributed by atoms with Crippen LogP contribution in [0.5, 0.6) is 0 Å². The van der Waals surface area contributed by atoms with Crippen LogP contribution in [0.3, 0.4) is 0 Å². The van der Waals surface area contributed by atoms with Crippen molar-refractivity contribution in [2.24, 2.45) is 0 Å². The lowest BCUT2D eigenvalue weighted by molar-refractivity contribution is 0.343. The number of hydrogen-bond donors (Lipinski definition) is 2. The number of aliphatic hydroxyl groups excluding tert-OH is 2. The molecule has 0 aromatic rings. The van der Waals surface area contributed by atoms with Gasteiger partial charge in [0.2, 0.25) is 0 Å². The van der Waals surface area contributed by atoms with Gasteiger partial charge in [-0.3, -0.25) is 0 Å². The summed E-state index contributed by atoms with van der Waals surface area (Å²) in [5.74, 6) is 0. The molecule has 0 rings (SSSR count). The van der Waals surface area contributed by atoms with Gasteiger partial charge in [-0.05, 0) is 12.6 Å². The lowest BCUT2D eigenvalue weighted by atomic mass is 10.1. The average Bonchev–Trinajstić information content (AvgIpc) is 2.36. The van der Waals surface area contributed by atoms with Gasteiger partial charge in [0.1, 0.15) is 0 Å². The fourth-order valence-electron chi connectivity index (χ4n) is 2.01. The number of rotatable bonds is 13. The van der Waals surface area contributed by atoms with Crippen molar-refractivity contribution in [1.82, 2.24) is 0 Å². The molecule has 0 atom stereocenters. The maximum Gasteiger partial charge on any atom is 0.0646 e. The van der Waals surface area contributed by atoms with Gasteiger partial charge < -0.3 is 10.2 Å². The van der Waals surface area contributed by atoms with E-state index in [1.165, 1.54) is 64.2 Å². The highest BCUT2D eigenvalue weighted by Gasteiger charge is 2.03. The standard InChI is InChI=1S/C14H31O2P/c1-2-3-4-5-6-7-8-9-10-11-12-17(13-15)14-16/h15-16H,2-14H2,1H3. The second-order valence-electron chi connectivity index (χ2n) is 4.86. The highest BCUT2D eigenvalue weighted by Crippen LogP contribution is 2.33. The quantitative estimate of drug-likeness (QED) is 0.384. The van der Waals surface area contributed by atoms with Gasteiger partial charge in [0.15, 0.2) is 0 Å². The largest absolute Gasteiger partial charge is 0.392 e. The SMILES string of the molecule is CCCCCCCCCCCCP(CO)CO. The van der Waals surface area contributed by atoms with Gasteiger partial charge in [-0.2, -0.15) is 0 Å². The molecule has 0 aromatic carbocycles. The molecule has 0 bridgehead atoms. The topological polar surface area (TPSA) is 40.5 Å². The van der Waals surface area contributed by atoms with Gasteiger partial charge in [0, 0.05) is 0 Å². The molecule has 0 aliphatic heterocycles. The Bertz CT molecular complexity index is 138. The van der Waals surface area contributed by atoms with Gasteiger partial charge in [-0.1, -0.05) is 72.6 Å². The number of hydrogen-bond acceptors (Lipinski definition) is 2. The van der Waals surface area contributed by atoms with Crippen molar-refractivity contribution in [3.8, 4) is 0 Å². The highest BCUT2D eigenvalue weighted by molar-refractivity contribution is 7.57. The molecule has 0 aliphatic carbocycles. The summed E-state index contributed by atoms with van der Waals surface area (Å²) in [5, 5.41) is 17.9. The monoisotopic (exact) mass is 262 g/mol. The Morgan fingerprint density at radius 2 is 1.06 bits per heavy atom. The molecular weight excluding hydrogens is 231 g/mol. The van der Waals surface area contributed by atoms with Crippen LogP contribution in [0.4, 0.5) is 0 Å². The van der Waals surface area contributed by atoms with Crippen LogP contribution in [0, 0.1) is 0 Å². The van der Waals surface area contributed by atoms with Gasteiger partial charge in [0.05, 0.1) is 12.7 Å². The van der Waals surface area contributed by atoms with E-state index in [0.29, 0.717) is 0 Å². The first kappa shape index (κ1) is 17.4. The van der Waals surface area contributed by atoms with Crippen LogP contribution in [0.2, 0.25) is 0 Å². The second kappa shape index (κ2) is 14.4. The molecule has 0 saturated carbocycles. The Kier molecular flexibility index (Phi) is 14.7. The minimum atomic E-state index is -0.480. The molecule has 0 aliphatic rings. The van der Waals surface area contributed by atoms with E-state index < -0.39 is 7.92 Å². The predicted molar refractivity (Wildman–Crippen MR) is 77.8 cm³/mol. The van der Waals surface area contributed by atoms with Crippen molar-refractivity contribution in [3.05, 3.63) is 0 Å². The van der Waals surface area contributed by atoms with Crippen molar-refractivity contribution in [2.75, 3.05) is 18.9 Å². The number of aliphatic hydroxyl groups is 2. The van der Waals surface area contributed by atoms with Crippen molar-refractivity contribution >= 4 is 7.92 Å². The summed E-state index contributed by atoms with van der Waals surface area (Å²) in [4.78, 5) is 0. The van der Waals surface area contributed by atoms with E-state index in [9.17, 15) is 0 Å². The van der Waals surface area contributed by atoms with E-state index in [2.05, 4.69) is 6.92 Å². The first-order valence-corrected chi connectivity index (χ1v) is 9.19. The fourth-order valence-corrected chi connectivity index (χ4v) is 3.05. The third-order valence-corrected chi connectivity index (χ3v) is 4.98. The molecule has 17 heavy (non-hydrogen) atoms. The minimum absolute atomic E-state index is 0.198. The molecule has 2 nitrogen and oxygen atoms in total. The normalized spacial score (nSPS) is 11.3. The second-order valence-corrected chi connectivity index (χ2v) is 7.21. The predicted octanol–water partition coefficient (Wildman–Crippen LogP) is 4.29. The first-order chi connectivity index (χ1) is 8.35. The van der Waals surface area contributed by atoms with E-state index in [1.54, 1.807) is 0 Å². The molecule has 0 aromatic heterocycles. The van der Waals surface area contributed by atoms with Crippen molar-refractivity contribution in [2.45, 2.75) is 71.1 Å². The van der Waals surface area contributed by atoms with E-state index in [4.69, 9.17) is 10.2 Å². The molecule has 0 spiro atoms. The van der Waals surface area contributed by atoms with Crippen molar-refractivity contribution in [3.63, 3.8) is 0 Å². The van der Waals surface area contributed by atoms with Gasteiger partial charge in [0.25, 0.3) is 0 Å². The Morgan fingerprint density at radius 3 is 1.47 bits per heavy atom. The van der Waals surface area contributed by atoms with E-state index in [0.717, 1.165) is 6.16 Å². The summed E-state index contributed by atoms with van der Waals surface area (Å²) < 4.78 is 0. The van der Waals surface area contributed by atoms with Gasteiger partial charge in [-0.25, -0.2) is 0 Å². The van der Waals surface area contributed by atoms with E-state index in [1.807, 2.05) is 0 Å². The third kappa shape index (κ3) is 12.6.